The van der Waals surface area contributed by atoms with Gasteiger partial charge in [0.25, 0.3) is 0 Å². The van der Waals surface area contributed by atoms with Crippen molar-refractivity contribution in [2.24, 2.45) is 0 Å². The topological polar surface area (TPSA) is 60.4 Å². The molecule has 2 aromatic heterocycles. The lowest BCUT2D eigenvalue weighted by Gasteiger charge is -2.03. The maximum atomic E-state index is 12.0. The first-order valence-electron chi connectivity index (χ1n) is 6.78. The van der Waals surface area contributed by atoms with Crippen LogP contribution in [-0.2, 0) is 0 Å². The maximum absolute atomic E-state index is 12.0. The average Bonchev–Trinajstić information content (AvgIpc) is 2.55. The zero-order valence-corrected chi connectivity index (χ0v) is 11.4. The van der Waals surface area contributed by atoms with E-state index in [9.17, 15) is 9.59 Å². The van der Waals surface area contributed by atoms with E-state index in [4.69, 9.17) is 8.83 Å². The summed E-state index contributed by atoms with van der Waals surface area (Å²) < 4.78 is 10.6. The summed E-state index contributed by atoms with van der Waals surface area (Å²) in [6.07, 6.45) is 0. The van der Waals surface area contributed by atoms with E-state index in [-0.39, 0.29) is 11.5 Å². The van der Waals surface area contributed by atoms with E-state index >= 15 is 0 Å². The van der Waals surface area contributed by atoms with Crippen LogP contribution >= 0.6 is 0 Å². The predicted octanol–water partition coefficient (Wildman–Crippen LogP) is 3.57. The Morgan fingerprint density at radius 1 is 0.591 bits per heavy atom. The van der Waals surface area contributed by atoms with Gasteiger partial charge in [-0.25, -0.2) is 9.59 Å². The molecule has 4 aromatic rings. The Hall–Kier alpha value is -3.14. The van der Waals surface area contributed by atoms with Gasteiger partial charge in [-0.05, 0) is 35.0 Å². The third kappa shape index (κ3) is 1.93. The van der Waals surface area contributed by atoms with Crippen molar-refractivity contribution >= 4 is 21.5 Å². The standard InChI is InChI=1S/C18H10O4/c19-17-13-7-3-1-5-11(13)9-15(21-17)16-10-12-6-2-4-8-14(12)18(20)22-16/h1-10H. The molecule has 0 spiro atoms. The normalized spacial score (nSPS) is 11.1. The van der Waals surface area contributed by atoms with E-state index in [0.29, 0.717) is 10.8 Å². The van der Waals surface area contributed by atoms with Crippen molar-refractivity contribution in [2.45, 2.75) is 0 Å². The number of hydrogen-bond donors (Lipinski definition) is 0. The second-order valence-electron chi connectivity index (χ2n) is 4.97. The summed E-state index contributed by atoms with van der Waals surface area (Å²) in [6, 6.07) is 17.6. The first-order valence-corrected chi connectivity index (χ1v) is 6.78. The smallest absolute Gasteiger partial charge is 0.344 e. The Morgan fingerprint density at radius 3 is 1.45 bits per heavy atom. The summed E-state index contributed by atoms with van der Waals surface area (Å²) >= 11 is 0. The highest BCUT2D eigenvalue weighted by Crippen LogP contribution is 2.23. The highest BCUT2D eigenvalue weighted by Gasteiger charge is 2.11. The molecule has 0 N–H and O–H groups in total. The van der Waals surface area contributed by atoms with Crippen LogP contribution in [0.1, 0.15) is 0 Å². The molecule has 0 radical (unpaired) electrons. The van der Waals surface area contributed by atoms with E-state index in [0.717, 1.165) is 10.8 Å². The van der Waals surface area contributed by atoms with Gasteiger partial charge >= 0.3 is 11.3 Å². The fraction of sp³-hybridized carbons (Fsp3) is 0. The summed E-state index contributed by atoms with van der Waals surface area (Å²) in [7, 11) is 0. The maximum Gasteiger partial charge on any atom is 0.344 e. The van der Waals surface area contributed by atoms with Crippen molar-refractivity contribution in [1.82, 2.24) is 0 Å². The number of rotatable bonds is 1. The molecule has 2 aromatic carbocycles. The predicted molar refractivity (Wildman–Crippen MR) is 84.0 cm³/mol. The van der Waals surface area contributed by atoms with Gasteiger partial charge in [-0.15, -0.1) is 0 Å². The number of fused-ring (bicyclic) bond motifs is 2. The van der Waals surface area contributed by atoms with E-state index in [1.54, 1.807) is 36.4 Å². The fourth-order valence-electron chi connectivity index (χ4n) is 2.51. The molecule has 4 nitrogen and oxygen atoms in total. The molecule has 0 saturated heterocycles. The minimum Gasteiger partial charge on any atom is -0.419 e. The molecule has 0 unspecified atom stereocenters. The van der Waals surface area contributed by atoms with Crippen LogP contribution in [0.25, 0.3) is 33.1 Å². The average molecular weight is 290 g/mol. The minimum absolute atomic E-state index is 0.242. The molecule has 0 atom stereocenters. The van der Waals surface area contributed by atoms with Crippen LogP contribution in [0.15, 0.2) is 79.1 Å². The molecule has 0 bridgehead atoms. The van der Waals surface area contributed by atoms with Crippen molar-refractivity contribution in [3.8, 4) is 11.5 Å². The van der Waals surface area contributed by atoms with Gasteiger partial charge in [0.1, 0.15) is 0 Å². The van der Waals surface area contributed by atoms with Crippen LogP contribution in [-0.4, -0.2) is 0 Å². The van der Waals surface area contributed by atoms with Crippen molar-refractivity contribution in [1.29, 1.82) is 0 Å². The molecule has 22 heavy (non-hydrogen) atoms. The SMILES string of the molecule is O=c1oc(-c2cc3ccccc3c(=O)o2)cc2ccccc12. The summed E-state index contributed by atoms with van der Waals surface area (Å²) in [4.78, 5) is 24.1. The van der Waals surface area contributed by atoms with Gasteiger partial charge in [-0.2, -0.15) is 0 Å². The Kier molecular flexibility index (Phi) is 2.69. The highest BCUT2D eigenvalue weighted by molar-refractivity contribution is 5.86. The van der Waals surface area contributed by atoms with Crippen molar-refractivity contribution in [3.63, 3.8) is 0 Å². The van der Waals surface area contributed by atoms with Gasteiger partial charge in [0.15, 0.2) is 11.5 Å². The quantitative estimate of drug-likeness (QED) is 0.537. The van der Waals surface area contributed by atoms with E-state index < -0.39 is 11.3 Å². The molecule has 4 rings (SSSR count). The number of hydrogen-bond acceptors (Lipinski definition) is 4. The van der Waals surface area contributed by atoms with Crippen LogP contribution in [0.4, 0.5) is 0 Å². The molecule has 4 heteroatoms. The summed E-state index contributed by atoms with van der Waals surface area (Å²) in [5.74, 6) is 0.484. The Balaban J connectivity index is 2.03. The first kappa shape index (κ1) is 12.6. The van der Waals surface area contributed by atoms with Crippen LogP contribution in [0.3, 0.4) is 0 Å². The molecule has 106 valence electrons. The van der Waals surface area contributed by atoms with Gasteiger partial charge < -0.3 is 8.83 Å². The molecule has 0 aliphatic heterocycles. The largest absolute Gasteiger partial charge is 0.419 e. The first-order chi connectivity index (χ1) is 10.7. The lowest BCUT2D eigenvalue weighted by atomic mass is 10.1. The van der Waals surface area contributed by atoms with Crippen LogP contribution in [0, 0.1) is 0 Å². The third-order valence-corrected chi connectivity index (χ3v) is 3.58. The summed E-state index contributed by atoms with van der Waals surface area (Å²) in [5.41, 5.74) is -0.909. The molecule has 0 aliphatic carbocycles. The zero-order chi connectivity index (χ0) is 15.1. The zero-order valence-electron chi connectivity index (χ0n) is 11.4. The van der Waals surface area contributed by atoms with Gasteiger partial charge in [0.05, 0.1) is 10.8 Å². The molecule has 0 amide bonds. The van der Waals surface area contributed by atoms with Crippen molar-refractivity contribution in [2.75, 3.05) is 0 Å². The minimum atomic E-state index is -0.455. The highest BCUT2D eigenvalue weighted by atomic mass is 16.4. The number of benzene rings is 2. The molecular formula is C18H10O4. The summed E-state index contributed by atoms with van der Waals surface area (Å²) in [5, 5.41) is 2.47. The fourth-order valence-corrected chi connectivity index (χ4v) is 2.51. The lowest BCUT2D eigenvalue weighted by Crippen LogP contribution is -2.03. The van der Waals surface area contributed by atoms with Crippen LogP contribution in [0.5, 0.6) is 0 Å². The van der Waals surface area contributed by atoms with Gasteiger partial charge in [0, 0.05) is 0 Å². The second kappa shape index (κ2) is 4.70. The van der Waals surface area contributed by atoms with Crippen molar-refractivity contribution < 1.29 is 8.83 Å². The van der Waals surface area contributed by atoms with Gasteiger partial charge in [0.2, 0.25) is 0 Å². The van der Waals surface area contributed by atoms with E-state index in [1.807, 2.05) is 24.3 Å². The Bertz CT molecular complexity index is 1030. The van der Waals surface area contributed by atoms with Crippen LogP contribution in [0.2, 0.25) is 0 Å². The molecule has 0 fully saturated rings. The molecular weight excluding hydrogens is 280 g/mol. The second-order valence-corrected chi connectivity index (χ2v) is 4.97. The van der Waals surface area contributed by atoms with Crippen LogP contribution < -0.4 is 11.3 Å². The Morgan fingerprint density at radius 2 is 1.00 bits per heavy atom. The molecule has 0 aliphatic rings. The van der Waals surface area contributed by atoms with Gasteiger partial charge in [-0.1, -0.05) is 36.4 Å². The summed E-state index contributed by atoms with van der Waals surface area (Å²) in [6.45, 7) is 0. The monoisotopic (exact) mass is 290 g/mol. The van der Waals surface area contributed by atoms with E-state index in [1.165, 1.54) is 0 Å². The van der Waals surface area contributed by atoms with Crippen molar-refractivity contribution in [3.05, 3.63) is 81.5 Å². The lowest BCUT2D eigenvalue weighted by molar-refractivity contribution is 0.478. The molecule has 0 saturated carbocycles. The van der Waals surface area contributed by atoms with E-state index in [2.05, 4.69) is 0 Å². The Labute approximate surface area is 124 Å². The molecule has 2 heterocycles. The van der Waals surface area contributed by atoms with Gasteiger partial charge in [-0.3, -0.25) is 0 Å². The third-order valence-electron chi connectivity index (χ3n) is 3.58.